The molecule has 0 aromatic heterocycles. The van der Waals surface area contributed by atoms with E-state index in [1.54, 1.807) is 41.5 Å². The first-order valence-electron chi connectivity index (χ1n) is 9.05. The molecule has 1 fully saturated rings. The number of nitrogens with one attached hydrogen (secondary N) is 1. The lowest BCUT2D eigenvalue weighted by atomic mass is 10.1. The molecule has 160 valence electrons. The first-order valence-corrected chi connectivity index (χ1v) is 9.05. The number of likely N-dealkylation sites (tertiary alicyclic amines) is 1. The summed E-state index contributed by atoms with van der Waals surface area (Å²) in [6.07, 6.45) is -1.39. The maximum absolute atomic E-state index is 12.4. The lowest BCUT2D eigenvalue weighted by Crippen LogP contribution is -2.46. The summed E-state index contributed by atoms with van der Waals surface area (Å²) in [5.41, 5.74) is -1.45. The Morgan fingerprint density at radius 1 is 1.07 bits per heavy atom. The van der Waals surface area contributed by atoms with Crippen molar-refractivity contribution in [3.63, 3.8) is 0 Å². The summed E-state index contributed by atoms with van der Waals surface area (Å²) in [6, 6.07) is -1.60. The van der Waals surface area contributed by atoms with Gasteiger partial charge in [0, 0.05) is 20.0 Å². The molecule has 2 N–H and O–H groups in total. The Morgan fingerprint density at radius 3 is 2.07 bits per heavy atom. The van der Waals surface area contributed by atoms with Gasteiger partial charge in [0.25, 0.3) is 0 Å². The number of carbonyl (C=O) groups is 4. The van der Waals surface area contributed by atoms with Gasteiger partial charge in [0.05, 0.1) is 6.04 Å². The van der Waals surface area contributed by atoms with E-state index in [2.05, 4.69) is 5.32 Å². The maximum Gasteiger partial charge on any atom is 0.411 e. The summed E-state index contributed by atoms with van der Waals surface area (Å²) in [7, 11) is 1.50. The molecule has 1 rings (SSSR count). The van der Waals surface area contributed by atoms with E-state index in [-0.39, 0.29) is 19.5 Å². The minimum absolute atomic E-state index is 0.0283. The van der Waals surface area contributed by atoms with E-state index in [1.807, 2.05) is 0 Å². The number of hydrogen-bond acceptors (Lipinski definition) is 6. The molecular formula is C18H31N3O7. The van der Waals surface area contributed by atoms with Crippen molar-refractivity contribution in [2.45, 2.75) is 71.2 Å². The average molecular weight is 401 g/mol. The normalized spacial score (nSPS) is 19.8. The molecule has 0 aliphatic carbocycles. The van der Waals surface area contributed by atoms with Crippen molar-refractivity contribution < 1.29 is 33.8 Å². The zero-order valence-electron chi connectivity index (χ0n) is 17.6. The third-order valence-electron chi connectivity index (χ3n) is 3.92. The second-order valence-corrected chi connectivity index (χ2v) is 8.74. The van der Waals surface area contributed by atoms with Gasteiger partial charge >= 0.3 is 18.2 Å². The van der Waals surface area contributed by atoms with Crippen molar-refractivity contribution in [1.82, 2.24) is 15.1 Å². The van der Waals surface area contributed by atoms with Crippen LogP contribution >= 0.6 is 0 Å². The van der Waals surface area contributed by atoms with Crippen LogP contribution in [0.4, 0.5) is 9.59 Å². The number of likely N-dealkylation sites (N-methyl/N-ethyl adjacent to an activating group) is 1. The molecule has 3 amide bonds. The highest BCUT2D eigenvalue weighted by Crippen LogP contribution is 2.24. The van der Waals surface area contributed by atoms with Crippen LogP contribution in [0.25, 0.3) is 0 Å². The number of carboxylic acids is 1. The molecule has 0 saturated carbocycles. The second-order valence-electron chi connectivity index (χ2n) is 8.74. The minimum Gasteiger partial charge on any atom is -0.480 e. The highest BCUT2D eigenvalue weighted by Gasteiger charge is 2.43. The number of aliphatic carboxylic acids is 1. The van der Waals surface area contributed by atoms with Crippen LogP contribution < -0.4 is 5.32 Å². The lowest BCUT2D eigenvalue weighted by Gasteiger charge is -2.27. The van der Waals surface area contributed by atoms with Crippen molar-refractivity contribution in [3.05, 3.63) is 0 Å². The number of hydrogen-bond donors (Lipinski definition) is 2. The Morgan fingerprint density at radius 2 is 1.61 bits per heavy atom. The van der Waals surface area contributed by atoms with Gasteiger partial charge in [0.2, 0.25) is 5.91 Å². The van der Waals surface area contributed by atoms with E-state index in [4.69, 9.17) is 9.47 Å². The number of amides is 3. The fourth-order valence-corrected chi connectivity index (χ4v) is 2.64. The van der Waals surface area contributed by atoms with Crippen LogP contribution in [0.3, 0.4) is 0 Å². The van der Waals surface area contributed by atoms with Crippen LogP contribution in [-0.2, 0) is 19.1 Å². The van der Waals surface area contributed by atoms with E-state index in [1.165, 1.54) is 11.9 Å². The standard InChI is InChI=1S/C18H31N3O7/c1-17(2,3)27-15(25)19-9-13(22)20(7)11-8-12(14(23)24)21(10-11)16(26)28-18(4,5)6/h11-12H,8-10H2,1-7H3,(H,19,25)(H,23,24)/t11-,12+/m1/s1. The predicted octanol–water partition coefficient (Wildman–Crippen LogP) is 1.43. The minimum atomic E-state index is -1.17. The van der Waals surface area contributed by atoms with E-state index in [0.29, 0.717) is 0 Å². The molecule has 0 radical (unpaired) electrons. The monoisotopic (exact) mass is 401 g/mol. The fourth-order valence-electron chi connectivity index (χ4n) is 2.64. The lowest BCUT2D eigenvalue weighted by molar-refractivity contribution is -0.142. The summed E-state index contributed by atoms with van der Waals surface area (Å²) >= 11 is 0. The molecular weight excluding hydrogens is 370 g/mol. The molecule has 1 aliphatic rings. The van der Waals surface area contributed by atoms with E-state index in [0.717, 1.165) is 4.90 Å². The molecule has 0 aromatic rings. The Hall–Kier alpha value is -2.52. The predicted molar refractivity (Wildman–Crippen MR) is 99.8 cm³/mol. The Bertz CT molecular complexity index is 622. The molecule has 10 heteroatoms. The van der Waals surface area contributed by atoms with Gasteiger partial charge in [0.15, 0.2) is 0 Å². The first kappa shape index (κ1) is 23.5. The molecule has 10 nitrogen and oxygen atoms in total. The fraction of sp³-hybridized carbons (Fsp3) is 0.778. The topological polar surface area (TPSA) is 125 Å². The largest absolute Gasteiger partial charge is 0.480 e. The zero-order chi connectivity index (χ0) is 21.9. The van der Waals surface area contributed by atoms with Crippen molar-refractivity contribution in [2.24, 2.45) is 0 Å². The number of alkyl carbamates (subject to hydrolysis) is 1. The van der Waals surface area contributed by atoms with Gasteiger partial charge in [-0.05, 0) is 41.5 Å². The second kappa shape index (κ2) is 8.66. The number of ether oxygens (including phenoxy) is 2. The first-order chi connectivity index (χ1) is 12.6. The third-order valence-corrected chi connectivity index (χ3v) is 3.92. The van der Waals surface area contributed by atoms with E-state index >= 15 is 0 Å². The van der Waals surface area contributed by atoms with Gasteiger partial charge in [-0.3, -0.25) is 9.69 Å². The summed E-state index contributed by atoms with van der Waals surface area (Å²) in [4.78, 5) is 50.3. The van der Waals surface area contributed by atoms with Crippen molar-refractivity contribution in [1.29, 1.82) is 0 Å². The number of carboxylic acid groups (broad SMARTS) is 1. The molecule has 0 bridgehead atoms. The SMILES string of the molecule is CN(C(=O)CNC(=O)OC(C)(C)C)[C@@H]1C[C@@H](C(=O)O)N(C(=O)OC(C)(C)C)C1. The summed E-state index contributed by atoms with van der Waals surface area (Å²) in [5.74, 6) is -1.59. The third kappa shape index (κ3) is 7.24. The van der Waals surface area contributed by atoms with Crippen LogP contribution in [-0.4, -0.2) is 82.4 Å². The van der Waals surface area contributed by atoms with Crippen LogP contribution in [0.2, 0.25) is 0 Å². The van der Waals surface area contributed by atoms with Crippen molar-refractivity contribution >= 4 is 24.1 Å². The molecule has 0 unspecified atom stereocenters. The van der Waals surface area contributed by atoms with Crippen LogP contribution in [0.1, 0.15) is 48.0 Å². The Labute approximate surface area is 165 Å². The Kier molecular flexibility index (Phi) is 7.27. The van der Waals surface area contributed by atoms with E-state index < -0.39 is 47.3 Å². The van der Waals surface area contributed by atoms with Crippen LogP contribution in [0, 0.1) is 0 Å². The molecule has 0 aromatic carbocycles. The zero-order valence-corrected chi connectivity index (χ0v) is 17.6. The van der Waals surface area contributed by atoms with Crippen molar-refractivity contribution in [2.75, 3.05) is 20.1 Å². The smallest absolute Gasteiger partial charge is 0.411 e. The molecule has 0 spiro atoms. The summed E-state index contributed by atoms with van der Waals surface area (Å²) < 4.78 is 10.3. The molecule has 1 heterocycles. The van der Waals surface area contributed by atoms with E-state index in [9.17, 15) is 24.3 Å². The quantitative estimate of drug-likeness (QED) is 0.730. The van der Waals surface area contributed by atoms with Gasteiger partial charge in [0.1, 0.15) is 23.8 Å². The average Bonchev–Trinajstić information content (AvgIpc) is 2.94. The number of rotatable bonds is 4. The number of carbonyl (C=O) groups excluding carboxylic acids is 3. The molecule has 28 heavy (non-hydrogen) atoms. The van der Waals surface area contributed by atoms with Gasteiger partial charge in [-0.1, -0.05) is 0 Å². The molecule has 2 atom stereocenters. The van der Waals surface area contributed by atoms with Gasteiger partial charge in [-0.15, -0.1) is 0 Å². The van der Waals surface area contributed by atoms with Crippen LogP contribution in [0.15, 0.2) is 0 Å². The number of nitrogens with zero attached hydrogens (tertiary/aromatic N) is 2. The Balaban J connectivity index is 2.71. The maximum atomic E-state index is 12.4. The molecule has 1 aliphatic heterocycles. The highest BCUT2D eigenvalue weighted by atomic mass is 16.6. The van der Waals surface area contributed by atoms with Crippen LogP contribution in [0.5, 0.6) is 0 Å². The highest BCUT2D eigenvalue weighted by molar-refractivity contribution is 5.84. The van der Waals surface area contributed by atoms with Crippen molar-refractivity contribution in [3.8, 4) is 0 Å². The summed E-state index contributed by atoms with van der Waals surface area (Å²) in [6.45, 7) is 9.90. The van der Waals surface area contributed by atoms with Gasteiger partial charge in [-0.2, -0.15) is 0 Å². The van der Waals surface area contributed by atoms with Gasteiger partial charge in [-0.25, -0.2) is 14.4 Å². The molecule has 1 saturated heterocycles. The van der Waals surface area contributed by atoms with Gasteiger partial charge < -0.3 is 24.8 Å². The summed E-state index contributed by atoms with van der Waals surface area (Å²) in [5, 5.41) is 11.8.